The van der Waals surface area contributed by atoms with Crippen molar-refractivity contribution in [3.05, 3.63) is 328 Å². The van der Waals surface area contributed by atoms with Crippen LogP contribution in [0.3, 0.4) is 0 Å². The van der Waals surface area contributed by atoms with Gasteiger partial charge >= 0.3 is 0 Å². The molecule has 8 nitrogen and oxygen atoms in total. The fourth-order valence-corrected chi connectivity index (χ4v) is 13.9. The molecule has 0 aliphatic rings. The van der Waals surface area contributed by atoms with Crippen LogP contribution in [0.25, 0.3) is 189 Å². The molecule has 18 rings (SSSR count). The SMILES string of the molecule is c1ccc(-c2nc(-c3ccc(-c4ccc(-c5nc(-c6ccncc6)nc(-c6ccncc6)n5)c(-c5cccc(-c6ccc7c8ccccc8c8ccccc8c7c6)c5)c4)cc3)nc(-c3ccccc3-c3cccc(-c4ccc5c6ccccc6c6ccccc6c5c4)c3)n2)cc1. The Morgan fingerprint density at radius 2 is 0.417 bits per heavy atom. The lowest BCUT2D eigenvalue weighted by Gasteiger charge is -2.16. The summed E-state index contributed by atoms with van der Waals surface area (Å²) in [4.78, 5) is 39.9. The Balaban J connectivity index is 0.740. The minimum absolute atomic E-state index is 0.539. The van der Waals surface area contributed by atoms with Crippen LogP contribution in [0.1, 0.15) is 0 Å². The number of rotatable bonds is 11. The van der Waals surface area contributed by atoms with Crippen molar-refractivity contribution >= 4 is 64.6 Å². The molecule has 4 aromatic heterocycles. The van der Waals surface area contributed by atoms with Gasteiger partial charge in [-0.25, -0.2) is 29.9 Å². The number of hydrogen-bond donors (Lipinski definition) is 0. The van der Waals surface area contributed by atoms with Gasteiger partial charge in [0.15, 0.2) is 34.9 Å². The first-order chi connectivity index (χ1) is 47.6. The molecule has 0 spiro atoms. The first kappa shape index (κ1) is 55.8. The maximum atomic E-state index is 5.34. The summed E-state index contributed by atoms with van der Waals surface area (Å²) < 4.78 is 0. The van der Waals surface area contributed by atoms with Crippen LogP contribution < -0.4 is 0 Å². The molecule has 0 aliphatic carbocycles. The number of fused-ring (bicyclic) bond motifs is 12. The molecular formula is C88H54N8. The Morgan fingerprint density at radius 3 is 0.875 bits per heavy atom. The molecule has 8 heteroatoms. The zero-order chi connectivity index (χ0) is 63.5. The molecule has 18 aromatic rings. The lowest BCUT2D eigenvalue weighted by atomic mass is 9.90. The number of nitrogens with zero attached hydrogens (tertiary/aromatic N) is 8. The van der Waals surface area contributed by atoms with Crippen molar-refractivity contribution in [1.82, 2.24) is 39.9 Å². The highest BCUT2D eigenvalue weighted by Crippen LogP contribution is 2.43. The first-order valence-corrected chi connectivity index (χ1v) is 32.2. The molecular weight excluding hydrogens is 1170 g/mol. The Kier molecular flexibility index (Phi) is 13.7. The van der Waals surface area contributed by atoms with E-state index in [2.05, 4.69) is 271 Å². The molecule has 0 amide bonds. The molecule has 96 heavy (non-hydrogen) atoms. The summed E-state index contributed by atoms with van der Waals surface area (Å²) >= 11 is 0. The maximum Gasteiger partial charge on any atom is 0.164 e. The van der Waals surface area contributed by atoms with E-state index in [1.165, 1.54) is 64.6 Å². The van der Waals surface area contributed by atoms with Crippen LogP contribution in [-0.4, -0.2) is 39.9 Å². The third-order valence-electron chi connectivity index (χ3n) is 18.6. The molecule has 0 fully saturated rings. The molecule has 0 bridgehead atoms. The van der Waals surface area contributed by atoms with Crippen LogP contribution in [0.5, 0.6) is 0 Å². The fourth-order valence-electron chi connectivity index (χ4n) is 13.9. The van der Waals surface area contributed by atoms with Gasteiger partial charge in [-0.15, -0.1) is 0 Å². The van der Waals surface area contributed by atoms with Gasteiger partial charge in [0.1, 0.15) is 0 Å². The predicted octanol–water partition coefficient (Wildman–Crippen LogP) is 22.1. The molecule has 0 saturated carbocycles. The first-order valence-electron chi connectivity index (χ1n) is 32.2. The summed E-state index contributed by atoms with van der Waals surface area (Å²) in [5.41, 5.74) is 15.7. The second-order valence-corrected chi connectivity index (χ2v) is 24.2. The van der Waals surface area contributed by atoms with Crippen molar-refractivity contribution < 1.29 is 0 Å². The standard InChI is InChI=1S/C88H54N8/c1-2-16-56(17-3-1)83-91-84(94-87(93-83)78-31-13-4-22-67(78)65-20-14-18-60(50-65)63-36-39-76-72-27-7-5-23-68(72)70-25-9-11-29-74(70)81(76)53-63)57-34-32-55(33-35-57)62-38-41-79(88-95-85(58-42-46-89-47-43-58)92-86(96-88)59-44-48-90-49-45-59)80(52-62)66-21-15-19-61(51-66)64-37-40-77-73-28-8-6-24-69(73)71-26-10-12-30-75(71)82(77)54-64/h1-54H. The minimum atomic E-state index is 0.539. The number of hydrogen-bond acceptors (Lipinski definition) is 8. The molecule has 0 unspecified atom stereocenters. The van der Waals surface area contributed by atoms with Crippen LogP contribution in [0.15, 0.2) is 328 Å². The largest absolute Gasteiger partial charge is 0.265 e. The summed E-state index contributed by atoms with van der Waals surface area (Å²) in [5.74, 6) is 3.36. The van der Waals surface area contributed by atoms with Crippen LogP contribution in [-0.2, 0) is 0 Å². The lowest BCUT2D eigenvalue weighted by Crippen LogP contribution is -2.01. The quantitative estimate of drug-likeness (QED) is 0.118. The van der Waals surface area contributed by atoms with E-state index in [1.807, 2.05) is 42.5 Å². The van der Waals surface area contributed by atoms with E-state index in [0.29, 0.717) is 34.9 Å². The Bertz CT molecular complexity index is 5950. The molecule has 0 aliphatic heterocycles. The average molecular weight is 1220 g/mol. The van der Waals surface area contributed by atoms with Gasteiger partial charge in [0.25, 0.3) is 0 Å². The monoisotopic (exact) mass is 1220 g/mol. The third-order valence-corrected chi connectivity index (χ3v) is 18.6. The molecule has 446 valence electrons. The number of pyridine rings is 2. The van der Waals surface area contributed by atoms with Gasteiger partial charge in [0.2, 0.25) is 0 Å². The highest BCUT2D eigenvalue weighted by Gasteiger charge is 2.21. The highest BCUT2D eigenvalue weighted by atomic mass is 15.0. The second-order valence-electron chi connectivity index (χ2n) is 24.2. The fraction of sp³-hybridized carbons (Fsp3) is 0. The number of benzene rings is 14. The van der Waals surface area contributed by atoms with E-state index in [-0.39, 0.29) is 0 Å². The van der Waals surface area contributed by atoms with Crippen molar-refractivity contribution in [1.29, 1.82) is 0 Å². The van der Waals surface area contributed by atoms with Crippen molar-refractivity contribution in [2.75, 3.05) is 0 Å². The van der Waals surface area contributed by atoms with Crippen molar-refractivity contribution in [3.63, 3.8) is 0 Å². The second kappa shape index (κ2) is 23.6. The lowest BCUT2D eigenvalue weighted by molar-refractivity contribution is 1.07. The topological polar surface area (TPSA) is 103 Å². The van der Waals surface area contributed by atoms with Gasteiger partial charge in [0.05, 0.1) is 0 Å². The van der Waals surface area contributed by atoms with Crippen molar-refractivity contribution in [2.24, 2.45) is 0 Å². The van der Waals surface area contributed by atoms with Gasteiger partial charge < -0.3 is 0 Å². The van der Waals surface area contributed by atoms with Gasteiger partial charge in [-0.2, -0.15) is 0 Å². The zero-order valence-corrected chi connectivity index (χ0v) is 51.8. The minimum Gasteiger partial charge on any atom is -0.265 e. The third kappa shape index (κ3) is 10.0. The van der Waals surface area contributed by atoms with E-state index in [9.17, 15) is 0 Å². The van der Waals surface area contributed by atoms with Gasteiger partial charge in [0, 0.05) is 58.2 Å². The summed E-state index contributed by atoms with van der Waals surface area (Å²) in [5, 5.41) is 14.9. The van der Waals surface area contributed by atoms with E-state index in [4.69, 9.17) is 29.9 Å². The van der Waals surface area contributed by atoms with Crippen molar-refractivity contribution in [3.8, 4) is 124 Å². The van der Waals surface area contributed by atoms with Crippen LogP contribution in [0.2, 0.25) is 0 Å². The van der Waals surface area contributed by atoms with E-state index in [0.717, 1.165) is 89.0 Å². The van der Waals surface area contributed by atoms with Crippen LogP contribution in [0.4, 0.5) is 0 Å². The van der Waals surface area contributed by atoms with Crippen LogP contribution >= 0.6 is 0 Å². The Hall–Kier alpha value is -13.0. The van der Waals surface area contributed by atoms with Gasteiger partial charge in [-0.1, -0.05) is 243 Å². The van der Waals surface area contributed by atoms with Gasteiger partial charge in [-0.05, 0) is 181 Å². The number of aromatic nitrogens is 8. The van der Waals surface area contributed by atoms with Crippen molar-refractivity contribution in [2.45, 2.75) is 0 Å². The molecule has 4 heterocycles. The predicted molar refractivity (Wildman–Crippen MR) is 394 cm³/mol. The molecule has 0 N–H and O–H groups in total. The summed E-state index contributed by atoms with van der Waals surface area (Å²) in [6, 6.07) is 108. The Labute approximate surface area is 553 Å². The van der Waals surface area contributed by atoms with Crippen LogP contribution in [0, 0.1) is 0 Å². The zero-order valence-electron chi connectivity index (χ0n) is 51.8. The molecule has 0 radical (unpaired) electrons. The maximum absolute atomic E-state index is 5.34. The van der Waals surface area contributed by atoms with E-state index >= 15 is 0 Å². The summed E-state index contributed by atoms with van der Waals surface area (Å²) in [6.45, 7) is 0. The summed E-state index contributed by atoms with van der Waals surface area (Å²) in [6.07, 6.45) is 7.04. The Morgan fingerprint density at radius 1 is 0.135 bits per heavy atom. The molecule has 14 aromatic carbocycles. The normalized spacial score (nSPS) is 11.5. The van der Waals surface area contributed by atoms with E-state index < -0.39 is 0 Å². The highest BCUT2D eigenvalue weighted by molar-refractivity contribution is 6.27. The van der Waals surface area contributed by atoms with E-state index in [1.54, 1.807) is 24.8 Å². The molecule has 0 saturated heterocycles. The molecule has 0 atom stereocenters. The smallest absolute Gasteiger partial charge is 0.164 e. The summed E-state index contributed by atoms with van der Waals surface area (Å²) in [7, 11) is 0. The van der Waals surface area contributed by atoms with Gasteiger partial charge in [-0.3, -0.25) is 9.97 Å². The average Bonchev–Trinajstić information content (AvgIpc) is 0.762.